The molecule has 0 atom stereocenters. The van der Waals surface area contributed by atoms with Crippen molar-refractivity contribution in [3.8, 4) is 0 Å². The highest BCUT2D eigenvalue weighted by Crippen LogP contribution is 1.99. The monoisotopic (exact) mass is 170 g/mol. The molecule has 0 unspecified atom stereocenters. The standard InChI is InChI=1S/C11H22O/c1-10(2)7-5-6-8-12-9-11(3)4/h5-6,10-11H,7-9H2,1-4H3/b6-5+. The van der Waals surface area contributed by atoms with Crippen molar-refractivity contribution in [3.63, 3.8) is 0 Å². The molecule has 0 aromatic heterocycles. The zero-order chi connectivity index (χ0) is 9.40. The third-order valence-corrected chi connectivity index (χ3v) is 1.44. The lowest BCUT2D eigenvalue weighted by atomic mass is 10.1. The molecule has 0 saturated heterocycles. The number of ether oxygens (including phenoxy) is 1. The number of hydrogen-bond donors (Lipinski definition) is 0. The Kier molecular flexibility index (Phi) is 7.17. The van der Waals surface area contributed by atoms with Crippen LogP contribution in [-0.2, 0) is 4.74 Å². The van der Waals surface area contributed by atoms with E-state index in [4.69, 9.17) is 4.74 Å². The lowest BCUT2D eigenvalue weighted by molar-refractivity contribution is 0.134. The molecular weight excluding hydrogens is 148 g/mol. The van der Waals surface area contributed by atoms with Crippen LogP contribution in [0.3, 0.4) is 0 Å². The highest BCUT2D eigenvalue weighted by molar-refractivity contribution is 4.82. The number of rotatable bonds is 6. The molecule has 0 N–H and O–H groups in total. The predicted molar refractivity (Wildman–Crippen MR) is 54.3 cm³/mol. The van der Waals surface area contributed by atoms with Gasteiger partial charge in [-0.05, 0) is 18.3 Å². The first-order valence-corrected chi connectivity index (χ1v) is 4.85. The van der Waals surface area contributed by atoms with Crippen LogP contribution in [0.2, 0.25) is 0 Å². The molecule has 12 heavy (non-hydrogen) atoms. The fourth-order valence-electron chi connectivity index (χ4n) is 0.808. The van der Waals surface area contributed by atoms with Gasteiger partial charge in [0.1, 0.15) is 0 Å². The number of hydrogen-bond acceptors (Lipinski definition) is 1. The lowest BCUT2D eigenvalue weighted by Crippen LogP contribution is -2.01. The summed E-state index contributed by atoms with van der Waals surface area (Å²) in [5.41, 5.74) is 0. The van der Waals surface area contributed by atoms with Crippen LogP contribution in [0.4, 0.5) is 0 Å². The molecule has 72 valence electrons. The first-order valence-electron chi connectivity index (χ1n) is 4.85. The second-order valence-corrected chi connectivity index (χ2v) is 4.03. The first-order chi connectivity index (χ1) is 5.63. The van der Waals surface area contributed by atoms with E-state index in [2.05, 4.69) is 39.8 Å². The van der Waals surface area contributed by atoms with Gasteiger partial charge in [-0.1, -0.05) is 39.8 Å². The minimum atomic E-state index is 0.642. The third-order valence-electron chi connectivity index (χ3n) is 1.44. The lowest BCUT2D eigenvalue weighted by Gasteiger charge is -2.03. The molecule has 0 aliphatic heterocycles. The Morgan fingerprint density at radius 3 is 2.17 bits per heavy atom. The molecule has 0 amide bonds. The van der Waals surface area contributed by atoms with Crippen LogP contribution in [0.5, 0.6) is 0 Å². The van der Waals surface area contributed by atoms with Gasteiger partial charge in [0.05, 0.1) is 6.61 Å². The van der Waals surface area contributed by atoms with E-state index in [9.17, 15) is 0 Å². The summed E-state index contributed by atoms with van der Waals surface area (Å²) in [6.07, 6.45) is 5.47. The van der Waals surface area contributed by atoms with E-state index in [1.165, 1.54) is 0 Å². The van der Waals surface area contributed by atoms with Crippen LogP contribution >= 0.6 is 0 Å². The van der Waals surface area contributed by atoms with Crippen LogP contribution in [0, 0.1) is 11.8 Å². The van der Waals surface area contributed by atoms with Gasteiger partial charge < -0.3 is 4.74 Å². The van der Waals surface area contributed by atoms with Crippen molar-refractivity contribution in [2.24, 2.45) is 11.8 Å². The Hall–Kier alpha value is -0.300. The molecule has 1 heteroatoms. The fourth-order valence-corrected chi connectivity index (χ4v) is 0.808. The summed E-state index contributed by atoms with van der Waals surface area (Å²) in [7, 11) is 0. The van der Waals surface area contributed by atoms with Crippen molar-refractivity contribution in [2.45, 2.75) is 34.1 Å². The maximum absolute atomic E-state index is 5.39. The smallest absolute Gasteiger partial charge is 0.0647 e. The van der Waals surface area contributed by atoms with Gasteiger partial charge in [-0.2, -0.15) is 0 Å². The normalized spacial score (nSPS) is 12.2. The van der Waals surface area contributed by atoms with Crippen molar-refractivity contribution < 1.29 is 4.74 Å². The molecule has 0 aliphatic carbocycles. The molecule has 0 aromatic carbocycles. The van der Waals surface area contributed by atoms with E-state index in [0.29, 0.717) is 5.92 Å². The van der Waals surface area contributed by atoms with Crippen molar-refractivity contribution in [2.75, 3.05) is 13.2 Å². The van der Waals surface area contributed by atoms with Crippen molar-refractivity contribution >= 4 is 0 Å². The molecule has 0 rings (SSSR count). The predicted octanol–water partition coefficient (Wildman–Crippen LogP) is 3.26. The van der Waals surface area contributed by atoms with E-state index in [-0.39, 0.29) is 0 Å². The first kappa shape index (κ1) is 11.7. The molecule has 0 aromatic rings. The van der Waals surface area contributed by atoms with E-state index < -0.39 is 0 Å². The van der Waals surface area contributed by atoms with Gasteiger partial charge in [-0.25, -0.2) is 0 Å². The second kappa shape index (κ2) is 7.35. The van der Waals surface area contributed by atoms with Gasteiger partial charge in [0.15, 0.2) is 0 Å². The van der Waals surface area contributed by atoms with Crippen LogP contribution in [0.1, 0.15) is 34.1 Å². The largest absolute Gasteiger partial charge is 0.377 e. The molecular formula is C11H22O. The van der Waals surface area contributed by atoms with Gasteiger partial charge >= 0.3 is 0 Å². The molecule has 0 saturated carbocycles. The summed E-state index contributed by atoms with van der Waals surface area (Å²) in [6, 6.07) is 0. The van der Waals surface area contributed by atoms with Gasteiger partial charge in [0.25, 0.3) is 0 Å². The second-order valence-electron chi connectivity index (χ2n) is 4.03. The maximum atomic E-state index is 5.39. The minimum absolute atomic E-state index is 0.642. The zero-order valence-corrected chi connectivity index (χ0v) is 8.84. The minimum Gasteiger partial charge on any atom is -0.377 e. The van der Waals surface area contributed by atoms with Gasteiger partial charge in [-0.15, -0.1) is 0 Å². The molecule has 0 bridgehead atoms. The summed E-state index contributed by atoms with van der Waals surface area (Å²) >= 11 is 0. The van der Waals surface area contributed by atoms with Crippen LogP contribution in [-0.4, -0.2) is 13.2 Å². The van der Waals surface area contributed by atoms with Crippen molar-refractivity contribution in [1.82, 2.24) is 0 Å². The number of allylic oxidation sites excluding steroid dienone is 1. The van der Waals surface area contributed by atoms with E-state index in [0.717, 1.165) is 25.6 Å². The van der Waals surface area contributed by atoms with Gasteiger partial charge in [-0.3, -0.25) is 0 Å². The SMILES string of the molecule is CC(C)C/C=C/COCC(C)C. The van der Waals surface area contributed by atoms with E-state index in [1.54, 1.807) is 0 Å². The quantitative estimate of drug-likeness (QED) is 0.439. The summed E-state index contributed by atoms with van der Waals surface area (Å²) in [5.74, 6) is 1.40. The molecule has 0 spiro atoms. The molecule has 0 fully saturated rings. The van der Waals surface area contributed by atoms with Crippen LogP contribution in [0.15, 0.2) is 12.2 Å². The van der Waals surface area contributed by atoms with Gasteiger partial charge in [0.2, 0.25) is 0 Å². The zero-order valence-electron chi connectivity index (χ0n) is 8.84. The molecule has 1 nitrogen and oxygen atoms in total. The third kappa shape index (κ3) is 9.70. The Labute approximate surface area is 76.8 Å². The van der Waals surface area contributed by atoms with E-state index >= 15 is 0 Å². The van der Waals surface area contributed by atoms with Crippen molar-refractivity contribution in [1.29, 1.82) is 0 Å². The summed E-state index contributed by atoms with van der Waals surface area (Å²) in [5, 5.41) is 0. The molecule has 0 heterocycles. The Morgan fingerprint density at radius 1 is 1.00 bits per heavy atom. The molecule has 0 aliphatic rings. The van der Waals surface area contributed by atoms with Gasteiger partial charge in [0, 0.05) is 6.61 Å². The molecule has 0 radical (unpaired) electrons. The summed E-state index contributed by atoms with van der Waals surface area (Å²) in [4.78, 5) is 0. The average Bonchev–Trinajstić information content (AvgIpc) is 1.95. The maximum Gasteiger partial charge on any atom is 0.0647 e. The van der Waals surface area contributed by atoms with E-state index in [1.807, 2.05) is 0 Å². The highest BCUT2D eigenvalue weighted by atomic mass is 16.5. The Morgan fingerprint density at radius 2 is 1.67 bits per heavy atom. The topological polar surface area (TPSA) is 9.23 Å². The summed E-state index contributed by atoms with van der Waals surface area (Å²) in [6.45, 7) is 10.4. The Bertz CT molecular complexity index is 114. The summed E-state index contributed by atoms with van der Waals surface area (Å²) < 4.78 is 5.39. The van der Waals surface area contributed by atoms with Crippen molar-refractivity contribution in [3.05, 3.63) is 12.2 Å². The van der Waals surface area contributed by atoms with Crippen LogP contribution < -0.4 is 0 Å². The van der Waals surface area contributed by atoms with Crippen LogP contribution in [0.25, 0.3) is 0 Å². The Balaban J connectivity index is 3.13. The fraction of sp³-hybridized carbons (Fsp3) is 0.818. The average molecular weight is 170 g/mol. The highest BCUT2D eigenvalue weighted by Gasteiger charge is 1.91.